The Labute approximate surface area is 117 Å². The number of thiophene rings is 1. The Morgan fingerprint density at radius 2 is 2.16 bits per heavy atom. The summed E-state index contributed by atoms with van der Waals surface area (Å²) in [7, 11) is 0. The standard InChI is InChI=1S/C16H20FNS/c1-10(2)7-13-14-8-11(17)3-6-15(14)19-16(13)9-18-12-4-5-12/h3,6,8,10,12,18H,4-5,7,9H2,1-2H3. The van der Waals surface area contributed by atoms with Gasteiger partial charge in [0.15, 0.2) is 0 Å². The van der Waals surface area contributed by atoms with Gasteiger partial charge >= 0.3 is 0 Å². The van der Waals surface area contributed by atoms with Crippen molar-refractivity contribution in [1.82, 2.24) is 5.32 Å². The molecule has 1 aliphatic rings. The SMILES string of the molecule is CC(C)Cc1c(CNC2CC2)sc2ccc(F)cc12. The molecule has 0 radical (unpaired) electrons. The summed E-state index contributed by atoms with van der Waals surface area (Å²) < 4.78 is 14.7. The molecule has 1 aliphatic carbocycles. The van der Waals surface area contributed by atoms with Gasteiger partial charge in [0.2, 0.25) is 0 Å². The van der Waals surface area contributed by atoms with Crippen molar-refractivity contribution in [3.05, 3.63) is 34.5 Å². The van der Waals surface area contributed by atoms with Gasteiger partial charge in [-0.25, -0.2) is 4.39 Å². The van der Waals surface area contributed by atoms with Crippen LogP contribution in [0.15, 0.2) is 18.2 Å². The van der Waals surface area contributed by atoms with E-state index in [1.807, 2.05) is 17.4 Å². The molecule has 0 spiro atoms. The third-order valence-electron chi connectivity index (χ3n) is 3.58. The van der Waals surface area contributed by atoms with E-state index < -0.39 is 0 Å². The van der Waals surface area contributed by atoms with Crippen LogP contribution in [-0.2, 0) is 13.0 Å². The topological polar surface area (TPSA) is 12.0 Å². The monoisotopic (exact) mass is 277 g/mol. The smallest absolute Gasteiger partial charge is 0.123 e. The van der Waals surface area contributed by atoms with E-state index in [-0.39, 0.29) is 5.82 Å². The lowest BCUT2D eigenvalue weighted by atomic mass is 10.00. The molecule has 3 rings (SSSR count). The van der Waals surface area contributed by atoms with Crippen LogP contribution in [0, 0.1) is 11.7 Å². The molecule has 2 aromatic rings. The van der Waals surface area contributed by atoms with Crippen molar-refractivity contribution in [1.29, 1.82) is 0 Å². The van der Waals surface area contributed by atoms with Crippen molar-refractivity contribution in [3.8, 4) is 0 Å². The summed E-state index contributed by atoms with van der Waals surface area (Å²) in [6.45, 7) is 5.38. The van der Waals surface area contributed by atoms with E-state index >= 15 is 0 Å². The van der Waals surface area contributed by atoms with E-state index in [0.717, 1.165) is 18.4 Å². The number of fused-ring (bicyclic) bond motifs is 1. The average Bonchev–Trinajstić information content (AvgIpc) is 3.12. The van der Waals surface area contributed by atoms with Crippen LogP contribution in [-0.4, -0.2) is 6.04 Å². The molecule has 3 heteroatoms. The minimum Gasteiger partial charge on any atom is -0.309 e. The number of hydrogen-bond donors (Lipinski definition) is 1. The fourth-order valence-electron chi connectivity index (χ4n) is 2.47. The Morgan fingerprint density at radius 3 is 2.84 bits per heavy atom. The summed E-state index contributed by atoms with van der Waals surface area (Å²) in [6, 6.07) is 5.90. The van der Waals surface area contributed by atoms with E-state index in [1.165, 1.54) is 28.0 Å². The molecule has 1 aromatic heterocycles. The highest BCUT2D eigenvalue weighted by Crippen LogP contribution is 2.34. The fourth-order valence-corrected chi connectivity index (χ4v) is 3.64. The summed E-state index contributed by atoms with van der Waals surface area (Å²) in [6.07, 6.45) is 3.64. The maximum Gasteiger partial charge on any atom is 0.123 e. The number of hydrogen-bond acceptors (Lipinski definition) is 2. The quantitative estimate of drug-likeness (QED) is 0.849. The summed E-state index contributed by atoms with van der Waals surface area (Å²) in [5, 5.41) is 4.70. The highest BCUT2D eigenvalue weighted by molar-refractivity contribution is 7.19. The highest BCUT2D eigenvalue weighted by Gasteiger charge is 2.21. The Hall–Kier alpha value is -0.930. The zero-order valence-corrected chi connectivity index (χ0v) is 12.3. The van der Waals surface area contributed by atoms with Crippen molar-refractivity contribution in [3.63, 3.8) is 0 Å². The third kappa shape index (κ3) is 2.98. The molecule has 0 unspecified atom stereocenters. The lowest BCUT2D eigenvalue weighted by Crippen LogP contribution is -2.15. The second kappa shape index (κ2) is 5.22. The second-order valence-electron chi connectivity index (χ2n) is 5.90. The van der Waals surface area contributed by atoms with Crippen molar-refractivity contribution in [2.75, 3.05) is 0 Å². The van der Waals surface area contributed by atoms with Gasteiger partial charge in [0.1, 0.15) is 5.82 Å². The Morgan fingerprint density at radius 1 is 1.37 bits per heavy atom. The average molecular weight is 277 g/mol. The van der Waals surface area contributed by atoms with Gasteiger partial charge in [-0.1, -0.05) is 13.8 Å². The number of rotatable bonds is 5. The number of benzene rings is 1. The maximum absolute atomic E-state index is 13.5. The van der Waals surface area contributed by atoms with Crippen LogP contribution in [0.25, 0.3) is 10.1 Å². The Bertz CT molecular complexity index is 584. The molecule has 0 atom stereocenters. The second-order valence-corrected chi connectivity index (χ2v) is 7.03. The molecule has 1 saturated carbocycles. The number of nitrogens with one attached hydrogen (secondary N) is 1. The van der Waals surface area contributed by atoms with E-state index in [0.29, 0.717) is 12.0 Å². The normalized spacial score (nSPS) is 15.6. The lowest BCUT2D eigenvalue weighted by Gasteiger charge is -2.08. The first-order chi connectivity index (χ1) is 9.13. The first-order valence-electron chi connectivity index (χ1n) is 7.06. The molecule has 102 valence electrons. The molecule has 1 nitrogen and oxygen atoms in total. The minimum atomic E-state index is -0.128. The molecule has 0 saturated heterocycles. The van der Waals surface area contributed by atoms with Gasteiger partial charge in [0, 0.05) is 22.2 Å². The maximum atomic E-state index is 13.5. The van der Waals surface area contributed by atoms with Crippen LogP contribution in [0.2, 0.25) is 0 Å². The van der Waals surface area contributed by atoms with Gasteiger partial charge in [0.25, 0.3) is 0 Å². The Kier molecular flexibility index (Phi) is 3.59. The predicted octanol–water partition coefficient (Wildman–Crippen LogP) is 4.49. The van der Waals surface area contributed by atoms with Gasteiger partial charge in [0.05, 0.1) is 0 Å². The molecule has 19 heavy (non-hydrogen) atoms. The summed E-state index contributed by atoms with van der Waals surface area (Å²) in [5.41, 5.74) is 1.35. The van der Waals surface area contributed by atoms with Gasteiger partial charge in [-0.3, -0.25) is 0 Å². The van der Waals surface area contributed by atoms with Crippen molar-refractivity contribution >= 4 is 21.4 Å². The third-order valence-corrected chi connectivity index (χ3v) is 4.79. The molecule has 1 N–H and O–H groups in total. The van der Waals surface area contributed by atoms with Gasteiger partial charge in [-0.15, -0.1) is 11.3 Å². The molecule has 0 bridgehead atoms. The van der Waals surface area contributed by atoms with E-state index in [4.69, 9.17) is 0 Å². The zero-order chi connectivity index (χ0) is 13.4. The van der Waals surface area contributed by atoms with Gasteiger partial charge in [-0.05, 0) is 54.3 Å². The van der Waals surface area contributed by atoms with E-state index in [1.54, 1.807) is 12.1 Å². The first kappa shape index (κ1) is 13.1. The fraction of sp³-hybridized carbons (Fsp3) is 0.500. The largest absolute Gasteiger partial charge is 0.309 e. The molecule has 0 amide bonds. The van der Waals surface area contributed by atoms with Crippen molar-refractivity contribution in [2.45, 2.75) is 45.7 Å². The first-order valence-corrected chi connectivity index (χ1v) is 7.88. The molecular weight excluding hydrogens is 257 g/mol. The van der Waals surface area contributed by atoms with Crippen LogP contribution < -0.4 is 5.32 Å². The zero-order valence-electron chi connectivity index (χ0n) is 11.5. The minimum absolute atomic E-state index is 0.128. The van der Waals surface area contributed by atoms with Crippen LogP contribution in [0.3, 0.4) is 0 Å². The summed E-state index contributed by atoms with van der Waals surface area (Å²) in [5.74, 6) is 0.470. The molecule has 1 heterocycles. The number of halogens is 1. The summed E-state index contributed by atoms with van der Waals surface area (Å²) >= 11 is 1.82. The van der Waals surface area contributed by atoms with Crippen LogP contribution in [0.4, 0.5) is 4.39 Å². The predicted molar refractivity (Wildman–Crippen MR) is 80.2 cm³/mol. The summed E-state index contributed by atoms with van der Waals surface area (Å²) in [4.78, 5) is 1.39. The molecular formula is C16H20FNS. The molecule has 0 aliphatic heterocycles. The molecule has 1 fully saturated rings. The van der Waals surface area contributed by atoms with Crippen LogP contribution in [0.1, 0.15) is 37.1 Å². The van der Waals surface area contributed by atoms with E-state index in [9.17, 15) is 4.39 Å². The van der Waals surface area contributed by atoms with Gasteiger partial charge < -0.3 is 5.32 Å². The van der Waals surface area contributed by atoms with Gasteiger partial charge in [-0.2, -0.15) is 0 Å². The highest BCUT2D eigenvalue weighted by atomic mass is 32.1. The Balaban J connectivity index is 1.97. The van der Waals surface area contributed by atoms with E-state index in [2.05, 4.69) is 19.2 Å². The molecule has 1 aromatic carbocycles. The van der Waals surface area contributed by atoms with Crippen LogP contribution >= 0.6 is 11.3 Å². The van der Waals surface area contributed by atoms with Crippen molar-refractivity contribution < 1.29 is 4.39 Å². The van der Waals surface area contributed by atoms with Crippen LogP contribution in [0.5, 0.6) is 0 Å². The van der Waals surface area contributed by atoms with Crippen molar-refractivity contribution in [2.24, 2.45) is 5.92 Å². The lowest BCUT2D eigenvalue weighted by molar-refractivity contribution is 0.627.